The van der Waals surface area contributed by atoms with Crippen LogP contribution >= 0.6 is 0 Å². The molecule has 0 radical (unpaired) electrons. The first-order valence-electron chi connectivity index (χ1n) is 10.7. The van der Waals surface area contributed by atoms with Gasteiger partial charge in [0.25, 0.3) is 0 Å². The van der Waals surface area contributed by atoms with Crippen molar-refractivity contribution >= 4 is 18.4 Å². The summed E-state index contributed by atoms with van der Waals surface area (Å²) in [4.78, 5) is 13.4. The minimum Gasteiger partial charge on any atom is -0.407 e. The Kier molecular flexibility index (Phi) is 5.20. The third-order valence-electron chi connectivity index (χ3n) is 6.71. The van der Waals surface area contributed by atoms with Crippen LogP contribution < -0.4 is 5.46 Å². The Hall–Kier alpha value is -1.91. The highest BCUT2D eigenvalue weighted by Crippen LogP contribution is 2.46. The van der Waals surface area contributed by atoms with Gasteiger partial charge in [-0.3, -0.25) is 4.79 Å². The molecular formula is C25H31BO3. The van der Waals surface area contributed by atoms with Gasteiger partial charge in [0.1, 0.15) is 0 Å². The van der Waals surface area contributed by atoms with E-state index >= 15 is 0 Å². The second-order valence-electron chi connectivity index (χ2n) is 9.86. The van der Waals surface area contributed by atoms with E-state index < -0.39 is 0 Å². The van der Waals surface area contributed by atoms with Crippen molar-refractivity contribution in [2.24, 2.45) is 0 Å². The maximum absolute atomic E-state index is 13.4. The molecule has 1 heterocycles. The van der Waals surface area contributed by atoms with Crippen LogP contribution in [-0.2, 0) is 20.1 Å². The molecule has 1 aliphatic heterocycles. The third kappa shape index (κ3) is 3.81. The molecule has 1 aliphatic carbocycles. The number of rotatable bonds is 3. The van der Waals surface area contributed by atoms with E-state index in [1.165, 1.54) is 17.5 Å². The summed E-state index contributed by atoms with van der Waals surface area (Å²) in [6.07, 6.45) is 3.24. The van der Waals surface area contributed by atoms with Crippen molar-refractivity contribution in [3.8, 4) is 0 Å². The normalized spacial score (nSPS) is 20.2. The number of aryl methyl sites for hydroxylation is 1. The van der Waals surface area contributed by atoms with Crippen molar-refractivity contribution in [2.45, 2.75) is 64.7 Å². The van der Waals surface area contributed by atoms with E-state index in [2.05, 4.69) is 46.8 Å². The first kappa shape index (κ1) is 20.4. The second kappa shape index (κ2) is 7.41. The number of benzene rings is 2. The molecule has 4 heteroatoms. The van der Waals surface area contributed by atoms with Crippen LogP contribution in [0.4, 0.5) is 0 Å². The number of fused-ring (bicyclic) bond motifs is 1. The first-order valence-corrected chi connectivity index (χ1v) is 10.7. The van der Waals surface area contributed by atoms with Crippen molar-refractivity contribution in [1.82, 2.24) is 0 Å². The lowest BCUT2D eigenvalue weighted by Gasteiger charge is -2.42. The molecule has 0 amide bonds. The van der Waals surface area contributed by atoms with Crippen molar-refractivity contribution in [1.29, 1.82) is 0 Å². The maximum Gasteiger partial charge on any atom is 0.493 e. The van der Waals surface area contributed by atoms with Gasteiger partial charge in [-0.2, -0.15) is 0 Å². The van der Waals surface area contributed by atoms with E-state index in [0.717, 1.165) is 29.4 Å². The molecule has 0 unspecified atom stereocenters. The summed E-state index contributed by atoms with van der Waals surface area (Å²) in [6.45, 7) is 12.7. The molecule has 29 heavy (non-hydrogen) atoms. The lowest BCUT2D eigenvalue weighted by molar-refractivity contribution is 0.103. The highest BCUT2D eigenvalue weighted by molar-refractivity contribution is 6.61. The van der Waals surface area contributed by atoms with Gasteiger partial charge in [-0.1, -0.05) is 58.0 Å². The van der Waals surface area contributed by atoms with Crippen molar-refractivity contribution in [2.75, 3.05) is 13.2 Å². The fourth-order valence-corrected chi connectivity index (χ4v) is 4.59. The zero-order valence-electron chi connectivity index (χ0n) is 18.3. The largest absolute Gasteiger partial charge is 0.493 e. The van der Waals surface area contributed by atoms with E-state index in [1.54, 1.807) is 0 Å². The summed E-state index contributed by atoms with van der Waals surface area (Å²) in [5.41, 5.74) is 6.50. The van der Waals surface area contributed by atoms with Crippen molar-refractivity contribution in [3.05, 3.63) is 64.2 Å². The molecule has 2 aliphatic rings. The summed E-state index contributed by atoms with van der Waals surface area (Å²) in [6, 6.07) is 12.1. The molecule has 0 saturated carbocycles. The lowest BCUT2D eigenvalue weighted by Crippen LogP contribution is -2.40. The van der Waals surface area contributed by atoms with Crippen molar-refractivity contribution < 1.29 is 14.1 Å². The molecule has 3 nitrogen and oxygen atoms in total. The molecule has 0 atom stereocenters. The van der Waals surface area contributed by atoms with Crippen LogP contribution in [-0.4, -0.2) is 26.1 Å². The van der Waals surface area contributed by atoms with Gasteiger partial charge in [0.15, 0.2) is 5.78 Å². The molecule has 4 rings (SSSR count). The van der Waals surface area contributed by atoms with Gasteiger partial charge in [0.2, 0.25) is 0 Å². The molecule has 152 valence electrons. The highest BCUT2D eigenvalue weighted by atomic mass is 16.6. The van der Waals surface area contributed by atoms with Gasteiger partial charge < -0.3 is 9.31 Å². The predicted molar refractivity (Wildman–Crippen MR) is 118 cm³/mol. The quantitative estimate of drug-likeness (QED) is 0.563. The van der Waals surface area contributed by atoms with Gasteiger partial charge in [-0.15, -0.1) is 0 Å². The fraction of sp³-hybridized carbons (Fsp3) is 0.480. The first-order chi connectivity index (χ1) is 13.7. The van der Waals surface area contributed by atoms with Gasteiger partial charge >= 0.3 is 7.12 Å². The zero-order valence-corrected chi connectivity index (χ0v) is 18.3. The number of ketones is 1. The second-order valence-corrected chi connectivity index (χ2v) is 9.86. The van der Waals surface area contributed by atoms with Crippen LogP contribution in [0, 0.1) is 6.92 Å². The Bertz CT molecular complexity index is 922. The maximum atomic E-state index is 13.4. The van der Waals surface area contributed by atoms with E-state index in [0.29, 0.717) is 18.8 Å². The highest BCUT2D eigenvalue weighted by Gasteiger charge is 2.38. The number of hydrogen-bond acceptors (Lipinski definition) is 3. The van der Waals surface area contributed by atoms with Crippen molar-refractivity contribution in [3.63, 3.8) is 0 Å². The smallest absolute Gasteiger partial charge is 0.407 e. The SMILES string of the molecule is Cc1cc2c(cc1C(=O)c1ccc(B3OCCCO3)cc1)C(C)(C)CCC2(C)C. The van der Waals surface area contributed by atoms with E-state index in [4.69, 9.17) is 9.31 Å². The van der Waals surface area contributed by atoms with E-state index in [-0.39, 0.29) is 23.7 Å². The third-order valence-corrected chi connectivity index (χ3v) is 6.71. The topological polar surface area (TPSA) is 35.5 Å². The Morgan fingerprint density at radius 1 is 0.897 bits per heavy atom. The van der Waals surface area contributed by atoms with Crippen LogP contribution in [0.2, 0.25) is 0 Å². The van der Waals surface area contributed by atoms with Crippen LogP contribution in [0.3, 0.4) is 0 Å². The molecule has 1 fully saturated rings. The summed E-state index contributed by atoms with van der Waals surface area (Å²) in [5.74, 6) is 0.0847. The predicted octanol–water partition coefficient (Wildman–Crippen LogP) is 4.71. The number of carbonyl (C=O) groups is 1. The van der Waals surface area contributed by atoms with Crippen LogP contribution in [0.5, 0.6) is 0 Å². The summed E-state index contributed by atoms with van der Waals surface area (Å²) >= 11 is 0. The monoisotopic (exact) mass is 390 g/mol. The average molecular weight is 390 g/mol. The number of carbonyl (C=O) groups excluding carboxylic acids is 1. The molecule has 0 aromatic heterocycles. The summed E-state index contributed by atoms with van der Waals surface area (Å²) < 4.78 is 11.3. The molecule has 2 aromatic rings. The number of hydrogen-bond donors (Lipinski definition) is 0. The average Bonchev–Trinajstić information content (AvgIpc) is 2.71. The summed E-state index contributed by atoms with van der Waals surface area (Å²) in [5, 5.41) is 0. The molecule has 0 bridgehead atoms. The molecule has 2 aromatic carbocycles. The Balaban J connectivity index is 1.67. The minimum atomic E-state index is -0.318. The Labute approximate surface area is 175 Å². The van der Waals surface area contributed by atoms with Gasteiger partial charge in [-0.05, 0) is 65.2 Å². The van der Waals surface area contributed by atoms with Crippen LogP contribution in [0.15, 0.2) is 36.4 Å². The van der Waals surface area contributed by atoms with Gasteiger partial charge in [0.05, 0.1) is 0 Å². The standard InChI is InChI=1S/C25H31BO3/c1-17-15-21-22(25(4,5)12-11-24(21,2)3)16-20(17)23(27)18-7-9-19(10-8-18)26-28-13-6-14-29-26/h7-10,15-16H,6,11-14H2,1-5H3. The molecule has 0 N–H and O–H groups in total. The Morgan fingerprint density at radius 3 is 2.03 bits per heavy atom. The zero-order chi connectivity index (χ0) is 20.8. The van der Waals surface area contributed by atoms with Gasteiger partial charge in [-0.25, -0.2) is 0 Å². The van der Waals surface area contributed by atoms with Gasteiger partial charge in [0, 0.05) is 24.3 Å². The van der Waals surface area contributed by atoms with E-state index in [9.17, 15) is 4.79 Å². The Morgan fingerprint density at radius 2 is 1.45 bits per heavy atom. The molecule has 0 spiro atoms. The van der Waals surface area contributed by atoms with E-state index in [1.807, 2.05) is 24.3 Å². The summed E-state index contributed by atoms with van der Waals surface area (Å²) in [7, 11) is -0.318. The minimum absolute atomic E-state index is 0.0847. The van der Waals surface area contributed by atoms with Crippen LogP contribution in [0.1, 0.15) is 79.6 Å². The molecular weight excluding hydrogens is 359 g/mol. The lowest BCUT2D eigenvalue weighted by atomic mass is 9.62. The molecule has 1 saturated heterocycles. The van der Waals surface area contributed by atoms with Crippen LogP contribution in [0.25, 0.3) is 0 Å². The fourth-order valence-electron chi connectivity index (χ4n) is 4.59.